The lowest BCUT2D eigenvalue weighted by Crippen LogP contribution is -2.43. The molecule has 3 N–H and O–H groups in total. The lowest BCUT2D eigenvalue weighted by atomic mass is 10.1. The largest absolute Gasteiger partial charge is 0.409 e. The maximum Gasteiger partial charge on any atom is 0.254 e. The van der Waals surface area contributed by atoms with E-state index in [4.69, 9.17) is 10.9 Å². The summed E-state index contributed by atoms with van der Waals surface area (Å²) >= 11 is 0. The Hall–Kier alpha value is -2.04. The standard InChI is InChI=1S/C13H17N3O2/c1-9-4-6-10(7-5-9)13(17)16-8-2-3-11(16)12(14)15-18/h4-7,11,18H,2-3,8H2,1H3,(H2,14,15). The third-order valence-electron chi connectivity index (χ3n) is 3.27. The van der Waals surface area contributed by atoms with E-state index in [1.165, 1.54) is 0 Å². The molecule has 96 valence electrons. The fourth-order valence-electron chi connectivity index (χ4n) is 2.25. The van der Waals surface area contributed by atoms with Gasteiger partial charge in [-0.1, -0.05) is 22.9 Å². The minimum Gasteiger partial charge on any atom is -0.409 e. The molecule has 18 heavy (non-hydrogen) atoms. The van der Waals surface area contributed by atoms with Gasteiger partial charge in [-0.15, -0.1) is 0 Å². The SMILES string of the molecule is Cc1ccc(C(=O)N2CCCC2C(N)=NO)cc1. The summed E-state index contributed by atoms with van der Waals surface area (Å²) in [5.41, 5.74) is 7.36. The summed E-state index contributed by atoms with van der Waals surface area (Å²) < 4.78 is 0. The van der Waals surface area contributed by atoms with Crippen molar-refractivity contribution in [3.8, 4) is 0 Å². The molecule has 0 bridgehead atoms. The number of hydrogen-bond acceptors (Lipinski definition) is 3. The zero-order chi connectivity index (χ0) is 13.1. The molecule has 1 aliphatic heterocycles. The highest BCUT2D eigenvalue weighted by Crippen LogP contribution is 2.20. The van der Waals surface area contributed by atoms with Gasteiger partial charge >= 0.3 is 0 Å². The van der Waals surface area contributed by atoms with Crippen LogP contribution < -0.4 is 5.73 Å². The molecule has 1 aromatic carbocycles. The summed E-state index contributed by atoms with van der Waals surface area (Å²) in [7, 11) is 0. The van der Waals surface area contributed by atoms with Crippen molar-refractivity contribution in [3.63, 3.8) is 0 Å². The van der Waals surface area contributed by atoms with E-state index < -0.39 is 0 Å². The first kappa shape index (κ1) is 12.4. The molecule has 1 aliphatic rings. The number of carbonyl (C=O) groups excluding carboxylic acids is 1. The number of nitrogens with zero attached hydrogens (tertiary/aromatic N) is 2. The van der Waals surface area contributed by atoms with Crippen LogP contribution in [0.5, 0.6) is 0 Å². The van der Waals surface area contributed by atoms with Crippen molar-refractivity contribution >= 4 is 11.7 Å². The van der Waals surface area contributed by atoms with Crippen LogP contribution >= 0.6 is 0 Å². The molecule has 1 unspecified atom stereocenters. The number of amides is 1. The average molecular weight is 247 g/mol. The van der Waals surface area contributed by atoms with Gasteiger partial charge in [0.2, 0.25) is 0 Å². The normalized spacial score (nSPS) is 20.2. The summed E-state index contributed by atoms with van der Waals surface area (Å²) in [4.78, 5) is 14.0. The molecule has 1 saturated heterocycles. The Kier molecular flexibility index (Phi) is 3.50. The molecule has 0 aliphatic carbocycles. The van der Waals surface area contributed by atoms with Gasteiger partial charge in [-0.05, 0) is 31.9 Å². The number of aryl methyl sites for hydroxylation is 1. The Bertz CT molecular complexity index is 468. The first-order valence-electron chi connectivity index (χ1n) is 5.98. The van der Waals surface area contributed by atoms with Crippen molar-refractivity contribution in [1.29, 1.82) is 0 Å². The molecular weight excluding hydrogens is 230 g/mol. The Labute approximate surface area is 106 Å². The molecule has 1 atom stereocenters. The van der Waals surface area contributed by atoms with Gasteiger partial charge in [0, 0.05) is 12.1 Å². The number of oxime groups is 1. The van der Waals surface area contributed by atoms with Gasteiger partial charge < -0.3 is 15.8 Å². The predicted molar refractivity (Wildman–Crippen MR) is 68.6 cm³/mol. The van der Waals surface area contributed by atoms with Crippen LogP contribution in [0.1, 0.15) is 28.8 Å². The number of nitrogens with two attached hydrogens (primary N) is 1. The highest BCUT2D eigenvalue weighted by Gasteiger charge is 2.32. The minimum atomic E-state index is -0.288. The molecular formula is C13H17N3O2. The molecule has 0 spiro atoms. The van der Waals surface area contributed by atoms with Crippen LogP contribution in [0.3, 0.4) is 0 Å². The van der Waals surface area contributed by atoms with Crippen LogP contribution in [0.2, 0.25) is 0 Å². The van der Waals surface area contributed by atoms with E-state index in [0.717, 1.165) is 18.4 Å². The molecule has 1 amide bonds. The molecule has 1 aromatic rings. The number of carbonyl (C=O) groups is 1. The van der Waals surface area contributed by atoms with Gasteiger partial charge in [-0.25, -0.2) is 0 Å². The van der Waals surface area contributed by atoms with Crippen LogP contribution in [0.15, 0.2) is 29.4 Å². The summed E-state index contributed by atoms with van der Waals surface area (Å²) in [6.45, 7) is 2.62. The molecule has 2 rings (SSSR count). The second kappa shape index (κ2) is 5.08. The topological polar surface area (TPSA) is 78.9 Å². The third kappa shape index (κ3) is 2.30. The zero-order valence-electron chi connectivity index (χ0n) is 10.3. The van der Waals surface area contributed by atoms with Gasteiger partial charge in [0.1, 0.15) is 0 Å². The molecule has 0 radical (unpaired) electrons. The number of hydrogen-bond donors (Lipinski definition) is 2. The monoisotopic (exact) mass is 247 g/mol. The van der Waals surface area contributed by atoms with Crippen LogP contribution in [0.4, 0.5) is 0 Å². The number of amidine groups is 1. The quantitative estimate of drug-likeness (QED) is 0.358. The van der Waals surface area contributed by atoms with Gasteiger partial charge in [0.15, 0.2) is 5.84 Å². The lowest BCUT2D eigenvalue weighted by molar-refractivity contribution is 0.0768. The lowest BCUT2D eigenvalue weighted by Gasteiger charge is -2.23. The molecule has 1 fully saturated rings. The van der Waals surface area contributed by atoms with Gasteiger partial charge in [0.05, 0.1) is 6.04 Å². The van der Waals surface area contributed by atoms with E-state index in [-0.39, 0.29) is 17.8 Å². The maximum atomic E-state index is 12.3. The second-order valence-electron chi connectivity index (χ2n) is 4.55. The summed E-state index contributed by atoms with van der Waals surface area (Å²) in [5, 5.41) is 11.7. The molecule has 0 aromatic heterocycles. The van der Waals surface area contributed by atoms with Crippen molar-refractivity contribution < 1.29 is 10.0 Å². The molecule has 5 nitrogen and oxygen atoms in total. The van der Waals surface area contributed by atoms with Crippen molar-refractivity contribution in [2.75, 3.05) is 6.54 Å². The highest BCUT2D eigenvalue weighted by molar-refractivity contribution is 5.98. The average Bonchev–Trinajstić information content (AvgIpc) is 2.87. The summed E-state index contributed by atoms with van der Waals surface area (Å²) in [6, 6.07) is 7.13. The van der Waals surface area contributed by atoms with Crippen molar-refractivity contribution in [1.82, 2.24) is 4.90 Å². The highest BCUT2D eigenvalue weighted by atomic mass is 16.4. The Balaban J connectivity index is 2.20. The molecule has 5 heteroatoms. The first-order valence-corrected chi connectivity index (χ1v) is 5.98. The minimum absolute atomic E-state index is 0.0656. The van der Waals surface area contributed by atoms with Gasteiger partial charge in [-0.3, -0.25) is 4.79 Å². The van der Waals surface area contributed by atoms with E-state index in [1.54, 1.807) is 17.0 Å². The van der Waals surface area contributed by atoms with Crippen LogP contribution in [-0.4, -0.2) is 34.4 Å². The Morgan fingerprint density at radius 3 is 2.72 bits per heavy atom. The third-order valence-corrected chi connectivity index (χ3v) is 3.27. The second-order valence-corrected chi connectivity index (χ2v) is 4.55. The number of benzene rings is 1. The van der Waals surface area contributed by atoms with Crippen molar-refractivity contribution in [2.45, 2.75) is 25.8 Å². The molecule has 1 heterocycles. The van der Waals surface area contributed by atoms with E-state index in [0.29, 0.717) is 12.1 Å². The fourth-order valence-corrected chi connectivity index (χ4v) is 2.25. The van der Waals surface area contributed by atoms with Gasteiger partial charge in [0.25, 0.3) is 5.91 Å². The zero-order valence-corrected chi connectivity index (χ0v) is 10.3. The fraction of sp³-hybridized carbons (Fsp3) is 0.385. The van der Waals surface area contributed by atoms with Gasteiger partial charge in [-0.2, -0.15) is 0 Å². The van der Waals surface area contributed by atoms with Crippen molar-refractivity contribution in [3.05, 3.63) is 35.4 Å². The van der Waals surface area contributed by atoms with Crippen LogP contribution in [0.25, 0.3) is 0 Å². The van der Waals surface area contributed by atoms with Crippen LogP contribution in [0, 0.1) is 6.92 Å². The maximum absolute atomic E-state index is 12.3. The summed E-state index contributed by atoms with van der Waals surface area (Å²) in [5.74, 6) is 0.0389. The van der Waals surface area contributed by atoms with E-state index >= 15 is 0 Å². The van der Waals surface area contributed by atoms with E-state index in [1.807, 2.05) is 19.1 Å². The Morgan fingerprint density at radius 2 is 2.11 bits per heavy atom. The molecule has 0 saturated carbocycles. The first-order chi connectivity index (χ1) is 8.63. The smallest absolute Gasteiger partial charge is 0.254 e. The van der Waals surface area contributed by atoms with E-state index in [9.17, 15) is 4.79 Å². The Morgan fingerprint density at radius 1 is 1.44 bits per heavy atom. The van der Waals surface area contributed by atoms with E-state index in [2.05, 4.69) is 5.16 Å². The number of rotatable bonds is 2. The number of likely N-dealkylation sites (tertiary alicyclic amines) is 1. The van der Waals surface area contributed by atoms with Crippen molar-refractivity contribution in [2.24, 2.45) is 10.9 Å². The predicted octanol–water partition coefficient (Wildman–Crippen LogP) is 1.35. The van der Waals surface area contributed by atoms with Crippen LogP contribution in [-0.2, 0) is 0 Å². The summed E-state index contributed by atoms with van der Waals surface area (Å²) in [6.07, 6.45) is 1.62.